The smallest absolute Gasteiger partial charge is 0.101 e. The van der Waals surface area contributed by atoms with E-state index in [-0.39, 0.29) is 0 Å². The molecule has 3 nitrogen and oxygen atoms in total. The minimum atomic E-state index is 0.674. The van der Waals surface area contributed by atoms with Gasteiger partial charge in [0.2, 0.25) is 0 Å². The molecular formula is C14H10BrN3S. The van der Waals surface area contributed by atoms with Crippen molar-refractivity contribution < 1.29 is 0 Å². The number of benzene rings is 1. The molecule has 2 N–H and O–H groups in total. The topological polar surface area (TPSA) is 51.8 Å². The van der Waals surface area contributed by atoms with Gasteiger partial charge in [0.1, 0.15) is 5.03 Å². The Kier molecular flexibility index (Phi) is 3.40. The van der Waals surface area contributed by atoms with Crippen molar-refractivity contribution in [2.24, 2.45) is 0 Å². The third-order valence-corrected chi connectivity index (χ3v) is 4.24. The fourth-order valence-corrected chi connectivity index (χ4v) is 2.91. The highest BCUT2D eigenvalue weighted by Gasteiger charge is 2.08. The average molecular weight is 332 g/mol. The van der Waals surface area contributed by atoms with E-state index in [2.05, 4.69) is 25.9 Å². The van der Waals surface area contributed by atoms with Gasteiger partial charge in [-0.3, -0.25) is 4.98 Å². The average Bonchev–Trinajstić information content (AvgIpc) is 2.44. The lowest BCUT2D eigenvalue weighted by Crippen LogP contribution is -1.92. The van der Waals surface area contributed by atoms with Crippen LogP contribution < -0.4 is 5.73 Å². The number of nitrogens with two attached hydrogens (primary N) is 1. The van der Waals surface area contributed by atoms with Crippen molar-refractivity contribution in [1.82, 2.24) is 9.97 Å². The lowest BCUT2D eigenvalue weighted by atomic mass is 10.2. The third-order valence-electron chi connectivity index (χ3n) is 2.66. The van der Waals surface area contributed by atoms with Crippen LogP contribution in [-0.4, -0.2) is 9.97 Å². The summed E-state index contributed by atoms with van der Waals surface area (Å²) in [5.74, 6) is 0. The normalized spacial score (nSPS) is 10.8. The van der Waals surface area contributed by atoms with Crippen LogP contribution in [-0.2, 0) is 0 Å². The van der Waals surface area contributed by atoms with Crippen LogP contribution in [0.2, 0.25) is 0 Å². The van der Waals surface area contributed by atoms with Crippen molar-refractivity contribution in [2.45, 2.75) is 9.92 Å². The number of pyridine rings is 2. The summed E-state index contributed by atoms with van der Waals surface area (Å²) in [6.07, 6.45) is 3.48. The number of anilines is 1. The molecular weight excluding hydrogens is 322 g/mol. The van der Waals surface area contributed by atoms with Crippen molar-refractivity contribution in [3.05, 3.63) is 53.3 Å². The first kappa shape index (κ1) is 12.4. The van der Waals surface area contributed by atoms with Gasteiger partial charge in [-0.05, 0) is 34.1 Å². The molecule has 1 aromatic carbocycles. The van der Waals surface area contributed by atoms with Gasteiger partial charge < -0.3 is 5.73 Å². The highest BCUT2D eigenvalue weighted by Crippen LogP contribution is 2.36. The molecule has 19 heavy (non-hydrogen) atoms. The standard InChI is InChI=1S/C14H10BrN3S/c15-9-5-6-13(18-7-9)19-14-10-3-1-2-4-12(10)17-8-11(14)16/h1-8H,16H2. The molecule has 0 aliphatic carbocycles. The molecule has 0 aliphatic heterocycles. The van der Waals surface area contributed by atoms with E-state index >= 15 is 0 Å². The van der Waals surface area contributed by atoms with E-state index < -0.39 is 0 Å². The van der Waals surface area contributed by atoms with Gasteiger partial charge in [0.05, 0.1) is 17.4 Å². The number of halogens is 1. The van der Waals surface area contributed by atoms with Gasteiger partial charge in [0.15, 0.2) is 0 Å². The first-order chi connectivity index (χ1) is 9.24. The summed E-state index contributed by atoms with van der Waals surface area (Å²) in [6, 6.07) is 11.9. The molecule has 0 saturated heterocycles. The maximum atomic E-state index is 6.04. The van der Waals surface area contributed by atoms with Crippen LogP contribution in [0.5, 0.6) is 0 Å². The predicted molar refractivity (Wildman–Crippen MR) is 82.2 cm³/mol. The summed E-state index contributed by atoms with van der Waals surface area (Å²) in [7, 11) is 0. The highest BCUT2D eigenvalue weighted by atomic mass is 79.9. The number of hydrogen-bond acceptors (Lipinski definition) is 4. The fraction of sp³-hybridized carbons (Fsp3) is 0. The van der Waals surface area contributed by atoms with Crippen LogP contribution in [0.1, 0.15) is 0 Å². The number of fused-ring (bicyclic) bond motifs is 1. The van der Waals surface area contributed by atoms with Crippen LogP contribution >= 0.6 is 27.7 Å². The second-order valence-corrected chi connectivity index (χ2v) is 5.92. The molecule has 0 atom stereocenters. The SMILES string of the molecule is Nc1cnc2ccccc2c1Sc1ccc(Br)cn1. The van der Waals surface area contributed by atoms with Crippen LogP contribution in [0, 0.1) is 0 Å². The molecule has 0 radical (unpaired) electrons. The quantitative estimate of drug-likeness (QED) is 0.767. The minimum Gasteiger partial charge on any atom is -0.397 e. The number of nitrogens with zero attached hydrogens (tertiary/aromatic N) is 2. The maximum absolute atomic E-state index is 6.04. The summed E-state index contributed by atoms with van der Waals surface area (Å²) in [5.41, 5.74) is 7.66. The molecule has 0 bridgehead atoms. The summed E-state index contributed by atoms with van der Waals surface area (Å²) < 4.78 is 0.962. The Balaban J connectivity index is 2.09. The van der Waals surface area contributed by atoms with Crippen molar-refractivity contribution in [1.29, 1.82) is 0 Å². The van der Waals surface area contributed by atoms with Gasteiger partial charge in [-0.2, -0.15) is 0 Å². The Morgan fingerprint density at radius 1 is 1.00 bits per heavy atom. The fourth-order valence-electron chi connectivity index (χ4n) is 1.77. The molecule has 94 valence electrons. The lowest BCUT2D eigenvalue weighted by Gasteiger charge is -2.08. The molecule has 2 heterocycles. The summed E-state index contributed by atoms with van der Waals surface area (Å²) >= 11 is 4.93. The summed E-state index contributed by atoms with van der Waals surface area (Å²) in [6.45, 7) is 0. The Morgan fingerprint density at radius 2 is 1.84 bits per heavy atom. The number of nitrogen functional groups attached to an aromatic ring is 1. The largest absolute Gasteiger partial charge is 0.397 e. The van der Waals surface area contributed by atoms with E-state index in [4.69, 9.17) is 5.73 Å². The molecule has 5 heteroatoms. The lowest BCUT2D eigenvalue weighted by molar-refractivity contribution is 1.12. The molecule has 0 aliphatic rings. The Hall–Kier alpha value is -1.59. The predicted octanol–water partition coefficient (Wildman–Crippen LogP) is 4.13. The van der Waals surface area contributed by atoms with Crippen molar-refractivity contribution in [2.75, 3.05) is 5.73 Å². The maximum Gasteiger partial charge on any atom is 0.101 e. The molecule has 0 unspecified atom stereocenters. The number of hydrogen-bond donors (Lipinski definition) is 1. The number of rotatable bonds is 2. The van der Waals surface area contributed by atoms with Crippen molar-refractivity contribution in [3.63, 3.8) is 0 Å². The van der Waals surface area contributed by atoms with E-state index in [1.54, 1.807) is 24.2 Å². The first-order valence-electron chi connectivity index (χ1n) is 5.66. The van der Waals surface area contributed by atoms with Crippen LogP contribution in [0.15, 0.2) is 63.2 Å². The second-order valence-electron chi connectivity index (χ2n) is 3.98. The Morgan fingerprint density at radius 3 is 2.63 bits per heavy atom. The van der Waals surface area contributed by atoms with Crippen LogP contribution in [0.4, 0.5) is 5.69 Å². The summed E-state index contributed by atoms with van der Waals surface area (Å²) in [5, 5.41) is 1.96. The zero-order chi connectivity index (χ0) is 13.2. The van der Waals surface area contributed by atoms with Gasteiger partial charge in [0, 0.05) is 21.0 Å². The molecule has 3 aromatic rings. The Labute approximate surface area is 123 Å². The molecule has 2 aromatic heterocycles. The van der Waals surface area contributed by atoms with E-state index in [1.165, 1.54) is 0 Å². The van der Waals surface area contributed by atoms with Gasteiger partial charge >= 0.3 is 0 Å². The number of aromatic nitrogens is 2. The van der Waals surface area contributed by atoms with Crippen molar-refractivity contribution >= 4 is 44.3 Å². The number of para-hydroxylation sites is 1. The van der Waals surface area contributed by atoms with E-state index in [0.29, 0.717) is 5.69 Å². The summed E-state index contributed by atoms with van der Waals surface area (Å²) in [4.78, 5) is 9.69. The molecule has 3 rings (SSSR count). The van der Waals surface area contributed by atoms with Gasteiger partial charge in [0.25, 0.3) is 0 Å². The third kappa shape index (κ3) is 2.57. The van der Waals surface area contributed by atoms with Gasteiger partial charge in [-0.25, -0.2) is 4.98 Å². The van der Waals surface area contributed by atoms with Crippen LogP contribution in [0.25, 0.3) is 10.9 Å². The zero-order valence-electron chi connectivity index (χ0n) is 9.88. The second kappa shape index (κ2) is 5.19. The van der Waals surface area contributed by atoms with Crippen molar-refractivity contribution in [3.8, 4) is 0 Å². The monoisotopic (exact) mass is 331 g/mol. The van der Waals surface area contributed by atoms with Gasteiger partial charge in [-0.1, -0.05) is 30.0 Å². The zero-order valence-corrected chi connectivity index (χ0v) is 12.3. The van der Waals surface area contributed by atoms with E-state index in [0.717, 1.165) is 25.3 Å². The first-order valence-corrected chi connectivity index (χ1v) is 7.27. The molecule has 0 saturated carbocycles. The molecule has 0 spiro atoms. The Bertz CT molecular complexity index is 728. The van der Waals surface area contributed by atoms with E-state index in [9.17, 15) is 0 Å². The van der Waals surface area contributed by atoms with E-state index in [1.807, 2.05) is 36.4 Å². The highest BCUT2D eigenvalue weighted by molar-refractivity contribution is 9.10. The molecule has 0 fully saturated rings. The van der Waals surface area contributed by atoms with Crippen LogP contribution in [0.3, 0.4) is 0 Å². The minimum absolute atomic E-state index is 0.674. The molecule has 0 amide bonds. The van der Waals surface area contributed by atoms with Gasteiger partial charge in [-0.15, -0.1) is 0 Å².